The minimum absolute atomic E-state index is 0.0268. The second-order valence-corrected chi connectivity index (χ2v) is 5.94. The Hall–Kier alpha value is -1.07. The summed E-state index contributed by atoms with van der Waals surface area (Å²) in [6.07, 6.45) is 0.977. The molecule has 0 saturated heterocycles. The number of aliphatic hydroxyl groups is 1. The van der Waals surface area contributed by atoms with Crippen LogP contribution in [0.25, 0.3) is 0 Å². The molecule has 0 amide bonds. The number of hydrogen-bond acceptors (Lipinski definition) is 3. The Bertz CT molecular complexity index is 469. The average molecular weight is 257 g/mol. The van der Waals surface area contributed by atoms with E-state index in [0.717, 1.165) is 11.1 Å². The zero-order valence-electron chi connectivity index (χ0n) is 10.2. The highest BCUT2D eigenvalue weighted by Gasteiger charge is 2.11. The first kappa shape index (κ1) is 14.0. The van der Waals surface area contributed by atoms with Crippen LogP contribution >= 0.6 is 0 Å². The molecular formula is C12H19NO3S. The summed E-state index contributed by atoms with van der Waals surface area (Å²) < 4.78 is 26.1. The summed E-state index contributed by atoms with van der Waals surface area (Å²) in [4.78, 5) is 0. The SMILES string of the molecule is Cc1cccc(NS(=O)(=O)CCCCO)c1C. The molecule has 0 aliphatic heterocycles. The molecular weight excluding hydrogens is 238 g/mol. The Balaban J connectivity index is 2.73. The van der Waals surface area contributed by atoms with Crippen molar-refractivity contribution in [1.82, 2.24) is 0 Å². The Morgan fingerprint density at radius 3 is 2.59 bits per heavy atom. The second kappa shape index (κ2) is 6.02. The highest BCUT2D eigenvalue weighted by Crippen LogP contribution is 2.19. The van der Waals surface area contributed by atoms with E-state index >= 15 is 0 Å². The zero-order valence-corrected chi connectivity index (χ0v) is 11.0. The smallest absolute Gasteiger partial charge is 0.232 e. The minimum Gasteiger partial charge on any atom is -0.396 e. The van der Waals surface area contributed by atoms with Gasteiger partial charge < -0.3 is 5.11 Å². The Labute approximate surface area is 103 Å². The number of sulfonamides is 1. The predicted molar refractivity (Wildman–Crippen MR) is 69.6 cm³/mol. The van der Waals surface area contributed by atoms with Crippen molar-refractivity contribution in [1.29, 1.82) is 0 Å². The van der Waals surface area contributed by atoms with Gasteiger partial charge in [0.15, 0.2) is 0 Å². The molecule has 0 atom stereocenters. The monoisotopic (exact) mass is 257 g/mol. The number of anilines is 1. The van der Waals surface area contributed by atoms with Gasteiger partial charge in [-0.25, -0.2) is 8.42 Å². The van der Waals surface area contributed by atoms with Gasteiger partial charge in [-0.1, -0.05) is 12.1 Å². The van der Waals surface area contributed by atoms with E-state index in [2.05, 4.69) is 4.72 Å². The molecule has 96 valence electrons. The molecule has 0 fully saturated rings. The van der Waals surface area contributed by atoms with Gasteiger partial charge in [0.05, 0.1) is 11.4 Å². The van der Waals surface area contributed by atoms with Crippen molar-refractivity contribution in [3.63, 3.8) is 0 Å². The molecule has 0 bridgehead atoms. The molecule has 0 aromatic heterocycles. The third-order valence-electron chi connectivity index (χ3n) is 2.69. The van der Waals surface area contributed by atoms with Gasteiger partial charge in [0, 0.05) is 6.61 Å². The van der Waals surface area contributed by atoms with E-state index in [0.29, 0.717) is 18.5 Å². The summed E-state index contributed by atoms with van der Waals surface area (Å²) in [5.41, 5.74) is 2.63. The van der Waals surface area contributed by atoms with Gasteiger partial charge in [0.2, 0.25) is 10.0 Å². The second-order valence-electron chi connectivity index (χ2n) is 4.10. The van der Waals surface area contributed by atoms with E-state index < -0.39 is 10.0 Å². The first-order chi connectivity index (χ1) is 7.96. The maximum Gasteiger partial charge on any atom is 0.232 e. The number of aryl methyl sites for hydroxylation is 1. The minimum atomic E-state index is -3.31. The molecule has 17 heavy (non-hydrogen) atoms. The van der Waals surface area contributed by atoms with Crippen LogP contribution in [0.4, 0.5) is 5.69 Å². The lowest BCUT2D eigenvalue weighted by Crippen LogP contribution is -2.17. The van der Waals surface area contributed by atoms with Crippen LogP contribution < -0.4 is 4.72 Å². The molecule has 0 aliphatic rings. The lowest BCUT2D eigenvalue weighted by molar-refractivity contribution is 0.287. The van der Waals surface area contributed by atoms with Crippen LogP contribution in [0.1, 0.15) is 24.0 Å². The molecule has 1 aromatic rings. The van der Waals surface area contributed by atoms with Gasteiger partial charge in [-0.2, -0.15) is 0 Å². The lowest BCUT2D eigenvalue weighted by atomic mass is 10.1. The summed E-state index contributed by atoms with van der Waals surface area (Å²) >= 11 is 0. The summed E-state index contributed by atoms with van der Waals surface area (Å²) in [5.74, 6) is 0.0426. The van der Waals surface area contributed by atoms with Crippen LogP contribution in [-0.4, -0.2) is 25.9 Å². The van der Waals surface area contributed by atoms with Gasteiger partial charge in [0.1, 0.15) is 0 Å². The van der Waals surface area contributed by atoms with Crippen molar-refractivity contribution in [2.45, 2.75) is 26.7 Å². The summed E-state index contributed by atoms with van der Waals surface area (Å²) in [6.45, 7) is 3.86. The fourth-order valence-corrected chi connectivity index (χ4v) is 2.73. The Kier molecular flexibility index (Phi) is 4.96. The zero-order chi connectivity index (χ0) is 12.9. The number of rotatable bonds is 6. The van der Waals surface area contributed by atoms with E-state index in [1.807, 2.05) is 26.0 Å². The molecule has 0 aliphatic carbocycles. The molecule has 1 rings (SSSR count). The number of unbranched alkanes of at least 4 members (excludes halogenated alkanes) is 1. The highest BCUT2D eigenvalue weighted by molar-refractivity contribution is 7.92. The predicted octanol–water partition coefficient (Wildman–Crippen LogP) is 1.82. The van der Waals surface area contributed by atoms with E-state index in [-0.39, 0.29) is 12.4 Å². The summed E-state index contributed by atoms with van der Waals surface area (Å²) in [5, 5.41) is 8.62. The van der Waals surface area contributed by atoms with Crippen molar-refractivity contribution >= 4 is 15.7 Å². The highest BCUT2D eigenvalue weighted by atomic mass is 32.2. The van der Waals surface area contributed by atoms with Gasteiger partial charge >= 0.3 is 0 Å². The van der Waals surface area contributed by atoms with Crippen molar-refractivity contribution in [2.24, 2.45) is 0 Å². The van der Waals surface area contributed by atoms with E-state index in [4.69, 9.17) is 5.11 Å². The van der Waals surface area contributed by atoms with Gasteiger partial charge in [-0.15, -0.1) is 0 Å². The largest absolute Gasteiger partial charge is 0.396 e. The number of hydrogen-bond donors (Lipinski definition) is 2. The molecule has 0 unspecified atom stereocenters. The molecule has 0 heterocycles. The fraction of sp³-hybridized carbons (Fsp3) is 0.500. The van der Waals surface area contributed by atoms with E-state index in [1.54, 1.807) is 6.07 Å². The Morgan fingerprint density at radius 2 is 1.94 bits per heavy atom. The van der Waals surface area contributed by atoms with Crippen LogP contribution in [0.15, 0.2) is 18.2 Å². The molecule has 0 saturated carbocycles. The van der Waals surface area contributed by atoms with Crippen LogP contribution in [-0.2, 0) is 10.0 Å². The molecule has 1 aromatic carbocycles. The fourth-order valence-electron chi connectivity index (χ4n) is 1.48. The van der Waals surface area contributed by atoms with Crippen molar-refractivity contribution in [3.05, 3.63) is 29.3 Å². The van der Waals surface area contributed by atoms with Crippen LogP contribution in [0.3, 0.4) is 0 Å². The topological polar surface area (TPSA) is 66.4 Å². The Morgan fingerprint density at radius 1 is 1.24 bits per heavy atom. The maximum absolute atomic E-state index is 11.7. The van der Waals surface area contributed by atoms with Crippen LogP contribution in [0.5, 0.6) is 0 Å². The molecule has 0 spiro atoms. The van der Waals surface area contributed by atoms with Crippen molar-refractivity contribution in [2.75, 3.05) is 17.1 Å². The van der Waals surface area contributed by atoms with Crippen molar-refractivity contribution in [3.8, 4) is 0 Å². The van der Waals surface area contributed by atoms with Gasteiger partial charge in [-0.3, -0.25) is 4.72 Å². The first-order valence-electron chi connectivity index (χ1n) is 5.64. The summed E-state index contributed by atoms with van der Waals surface area (Å²) in [7, 11) is -3.31. The number of aliphatic hydroxyl groups excluding tert-OH is 1. The lowest BCUT2D eigenvalue weighted by Gasteiger charge is -2.11. The third kappa shape index (κ3) is 4.36. The normalized spacial score (nSPS) is 11.5. The summed E-state index contributed by atoms with van der Waals surface area (Å²) in [6, 6.07) is 5.53. The van der Waals surface area contributed by atoms with Crippen LogP contribution in [0, 0.1) is 13.8 Å². The number of nitrogens with one attached hydrogen (secondary N) is 1. The molecule has 4 nitrogen and oxygen atoms in total. The molecule has 0 radical (unpaired) electrons. The van der Waals surface area contributed by atoms with Crippen LogP contribution in [0.2, 0.25) is 0 Å². The third-order valence-corrected chi connectivity index (χ3v) is 4.05. The van der Waals surface area contributed by atoms with E-state index in [1.165, 1.54) is 0 Å². The first-order valence-corrected chi connectivity index (χ1v) is 7.29. The quantitative estimate of drug-likeness (QED) is 0.764. The molecule has 5 heteroatoms. The standard InChI is InChI=1S/C12H19NO3S/c1-10-6-5-7-12(11(10)2)13-17(15,16)9-4-3-8-14/h5-7,13-14H,3-4,8-9H2,1-2H3. The van der Waals surface area contributed by atoms with Crippen molar-refractivity contribution < 1.29 is 13.5 Å². The van der Waals surface area contributed by atoms with Gasteiger partial charge in [0.25, 0.3) is 0 Å². The molecule has 2 N–H and O–H groups in total. The van der Waals surface area contributed by atoms with Gasteiger partial charge in [-0.05, 0) is 43.9 Å². The van der Waals surface area contributed by atoms with E-state index in [9.17, 15) is 8.42 Å². The maximum atomic E-state index is 11.7. The number of benzene rings is 1. The average Bonchev–Trinajstić information content (AvgIpc) is 2.25.